The van der Waals surface area contributed by atoms with E-state index in [0.717, 1.165) is 0 Å². The van der Waals surface area contributed by atoms with Crippen LogP contribution < -0.4 is 5.32 Å². The quantitative estimate of drug-likeness (QED) is 0.881. The zero-order chi connectivity index (χ0) is 13.8. The Balaban J connectivity index is 2.19. The Morgan fingerprint density at radius 2 is 1.89 bits per heavy atom. The van der Waals surface area contributed by atoms with Crippen LogP contribution in [0.25, 0.3) is 0 Å². The SMILES string of the molecule is O=C(O)c1cncc(NC(=O)c2cncc(Cl)n2)c1. The minimum absolute atomic E-state index is 0.0215. The van der Waals surface area contributed by atoms with Crippen LogP contribution >= 0.6 is 11.6 Å². The number of carbonyl (C=O) groups excluding carboxylic acids is 1. The van der Waals surface area contributed by atoms with Crippen molar-refractivity contribution in [2.45, 2.75) is 0 Å². The van der Waals surface area contributed by atoms with Gasteiger partial charge in [0.2, 0.25) is 0 Å². The standard InChI is InChI=1S/C11H7ClN4O3/c12-9-5-14-4-8(16-9)10(17)15-7-1-6(11(18)19)2-13-3-7/h1-5H,(H,15,17)(H,18,19). The third-order valence-electron chi connectivity index (χ3n) is 2.08. The fourth-order valence-electron chi connectivity index (χ4n) is 1.27. The van der Waals surface area contributed by atoms with Crippen molar-refractivity contribution in [3.8, 4) is 0 Å². The second kappa shape index (κ2) is 5.40. The second-order valence-corrected chi connectivity index (χ2v) is 3.84. The van der Waals surface area contributed by atoms with Gasteiger partial charge in [0, 0.05) is 6.20 Å². The van der Waals surface area contributed by atoms with Crippen LogP contribution in [-0.2, 0) is 0 Å². The number of carboxylic acids is 1. The lowest BCUT2D eigenvalue weighted by Crippen LogP contribution is -2.14. The molecule has 2 rings (SSSR count). The topological polar surface area (TPSA) is 105 Å². The number of anilines is 1. The molecule has 0 saturated carbocycles. The van der Waals surface area contributed by atoms with E-state index in [1.807, 2.05) is 0 Å². The Kier molecular flexibility index (Phi) is 3.67. The molecule has 0 fully saturated rings. The highest BCUT2D eigenvalue weighted by molar-refractivity contribution is 6.29. The average molecular weight is 279 g/mol. The van der Waals surface area contributed by atoms with Crippen LogP contribution in [-0.4, -0.2) is 31.9 Å². The van der Waals surface area contributed by atoms with E-state index in [-0.39, 0.29) is 22.1 Å². The van der Waals surface area contributed by atoms with Crippen LogP contribution in [0.3, 0.4) is 0 Å². The first-order chi connectivity index (χ1) is 9.06. The minimum Gasteiger partial charge on any atom is -0.478 e. The van der Waals surface area contributed by atoms with Gasteiger partial charge < -0.3 is 10.4 Å². The fourth-order valence-corrected chi connectivity index (χ4v) is 1.42. The van der Waals surface area contributed by atoms with Crippen LogP contribution in [0.5, 0.6) is 0 Å². The molecule has 0 aromatic carbocycles. The number of rotatable bonds is 3. The Morgan fingerprint density at radius 1 is 1.16 bits per heavy atom. The summed E-state index contributed by atoms with van der Waals surface area (Å²) in [5, 5.41) is 11.3. The molecule has 2 heterocycles. The van der Waals surface area contributed by atoms with Gasteiger partial charge in [-0.1, -0.05) is 11.6 Å². The molecule has 8 heteroatoms. The van der Waals surface area contributed by atoms with Gasteiger partial charge in [0.05, 0.1) is 29.8 Å². The molecule has 0 saturated heterocycles. The van der Waals surface area contributed by atoms with Crippen LogP contribution in [0.15, 0.2) is 30.9 Å². The molecule has 0 unspecified atom stereocenters. The molecule has 7 nitrogen and oxygen atoms in total. The van der Waals surface area contributed by atoms with E-state index in [2.05, 4.69) is 20.3 Å². The first-order valence-corrected chi connectivity index (χ1v) is 5.41. The summed E-state index contributed by atoms with van der Waals surface area (Å²) in [6, 6.07) is 1.28. The van der Waals surface area contributed by atoms with Crippen molar-refractivity contribution in [1.82, 2.24) is 15.0 Å². The molecule has 19 heavy (non-hydrogen) atoms. The predicted molar refractivity (Wildman–Crippen MR) is 66.2 cm³/mol. The van der Waals surface area contributed by atoms with Crippen molar-refractivity contribution >= 4 is 29.2 Å². The first-order valence-electron chi connectivity index (χ1n) is 5.03. The molecule has 2 N–H and O–H groups in total. The summed E-state index contributed by atoms with van der Waals surface area (Å²) in [6.45, 7) is 0. The van der Waals surface area contributed by atoms with E-state index in [0.29, 0.717) is 0 Å². The summed E-state index contributed by atoms with van der Waals surface area (Å²) < 4.78 is 0. The minimum atomic E-state index is -1.13. The lowest BCUT2D eigenvalue weighted by Gasteiger charge is -2.04. The van der Waals surface area contributed by atoms with E-state index in [4.69, 9.17) is 16.7 Å². The average Bonchev–Trinajstić information content (AvgIpc) is 2.39. The molecule has 96 valence electrons. The summed E-state index contributed by atoms with van der Waals surface area (Å²) in [6.07, 6.45) is 5.04. The molecular formula is C11H7ClN4O3. The Morgan fingerprint density at radius 3 is 2.58 bits per heavy atom. The number of hydrogen-bond acceptors (Lipinski definition) is 5. The van der Waals surface area contributed by atoms with Crippen molar-refractivity contribution < 1.29 is 14.7 Å². The Hall–Kier alpha value is -2.54. The molecule has 0 aliphatic rings. The number of amides is 1. The number of halogens is 1. The molecule has 0 radical (unpaired) electrons. The molecule has 0 aliphatic heterocycles. The summed E-state index contributed by atoms with van der Waals surface area (Å²) in [7, 11) is 0. The molecule has 1 amide bonds. The first kappa shape index (κ1) is 12.9. The monoisotopic (exact) mass is 278 g/mol. The van der Waals surface area contributed by atoms with Gasteiger partial charge in [-0.3, -0.25) is 14.8 Å². The second-order valence-electron chi connectivity index (χ2n) is 3.45. The number of nitrogens with zero attached hydrogens (tertiary/aromatic N) is 3. The molecule has 0 spiro atoms. The summed E-state index contributed by atoms with van der Waals surface area (Å²) in [4.78, 5) is 33.8. The largest absolute Gasteiger partial charge is 0.478 e. The maximum atomic E-state index is 11.8. The zero-order valence-corrected chi connectivity index (χ0v) is 10.1. The maximum Gasteiger partial charge on any atom is 0.337 e. The molecule has 0 atom stereocenters. The van der Waals surface area contributed by atoms with Gasteiger partial charge in [0.25, 0.3) is 5.91 Å². The van der Waals surface area contributed by atoms with Gasteiger partial charge in [-0.25, -0.2) is 9.78 Å². The number of carboxylic acid groups (broad SMARTS) is 1. The van der Waals surface area contributed by atoms with Crippen LogP contribution in [0.4, 0.5) is 5.69 Å². The number of aromatic nitrogens is 3. The summed E-state index contributed by atoms with van der Waals surface area (Å²) >= 11 is 5.62. The van der Waals surface area contributed by atoms with Gasteiger partial charge in [-0.05, 0) is 6.07 Å². The van der Waals surface area contributed by atoms with Crippen molar-refractivity contribution in [2.75, 3.05) is 5.32 Å². The van der Waals surface area contributed by atoms with Gasteiger partial charge in [0.15, 0.2) is 0 Å². The number of hydrogen-bond donors (Lipinski definition) is 2. The number of nitrogens with one attached hydrogen (secondary N) is 1. The van der Waals surface area contributed by atoms with Gasteiger partial charge in [-0.2, -0.15) is 0 Å². The van der Waals surface area contributed by atoms with Crippen molar-refractivity contribution in [2.24, 2.45) is 0 Å². The highest BCUT2D eigenvalue weighted by atomic mass is 35.5. The van der Waals surface area contributed by atoms with Crippen molar-refractivity contribution in [3.63, 3.8) is 0 Å². The van der Waals surface area contributed by atoms with Crippen LogP contribution in [0, 0.1) is 0 Å². The van der Waals surface area contributed by atoms with Gasteiger partial charge >= 0.3 is 5.97 Å². The third kappa shape index (κ3) is 3.23. The van der Waals surface area contributed by atoms with Crippen LogP contribution in [0.2, 0.25) is 5.15 Å². The number of carbonyl (C=O) groups is 2. The zero-order valence-electron chi connectivity index (χ0n) is 9.37. The number of aromatic carboxylic acids is 1. The summed E-state index contributed by atoms with van der Waals surface area (Å²) in [5.41, 5.74) is 0.231. The van der Waals surface area contributed by atoms with Crippen molar-refractivity contribution in [3.05, 3.63) is 47.3 Å². The normalized spacial score (nSPS) is 9.95. The lowest BCUT2D eigenvalue weighted by atomic mass is 10.2. The van der Waals surface area contributed by atoms with E-state index in [1.165, 1.54) is 30.9 Å². The molecule has 0 bridgehead atoms. The van der Waals surface area contributed by atoms with E-state index < -0.39 is 11.9 Å². The molecular weight excluding hydrogens is 272 g/mol. The molecule has 0 aliphatic carbocycles. The smallest absolute Gasteiger partial charge is 0.337 e. The van der Waals surface area contributed by atoms with Crippen molar-refractivity contribution in [1.29, 1.82) is 0 Å². The molecule has 2 aromatic heterocycles. The fraction of sp³-hybridized carbons (Fsp3) is 0. The van der Waals surface area contributed by atoms with Gasteiger partial charge in [0.1, 0.15) is 10.8 Å². The summed E-state index contributed by atoms with van der Waals surface area (Å²) in [5.74, 6) is -1.69. The Labute approximate surface area is 112 Å². The van der Waals surface area contributed by atoms with E-state index in [9.17, 15) is 9.59 Å². The van der Waals surface area contributed by atoms with Crippen LogP contribution in [0.1, 0.15) is 20.8 Å². The predicted octanol–water partition coefficient (Wildman–Crippen LogP) is 1.48. The highest BCUT2D eigenvalue weighted by Gasteiger charge is 2.10. The third-order valence-corrected chi connectivity index (χ3v) is 2.26. The van der Waals surface area contributed by atoms with E-state index in [1.54, 1.807) is 0 Å². The Bertz CT molecular complexity index is 647. The lowest BCUT2D eigenvalue weighted by molar-refractivity contribution is 0.0696. The van der Waals surface area contributed by atoms with E-state index >= 15 is 0 Å². The molecule has 2 aromatic rings. The highest BCUT2D eigenvalue weighted by Crippen LogP contribution is 2.10. The van der Waals surface area contributed by atoms with Gasteiger partial charge in [-0.15, -0.1) is 0 Å². The maximum absolute atomic E-state index is 11.8. The number of pyridine rings is 1.